The first-order valence-electron chi connectivity index (χ1n) is 8.97. The van der Waals surface area contributed by atoms with E-state index >= 15 is 0 Å². The number of amides is 1. The summed E-state index contributed by atoms with van der Waals surface area (Å²) in [5.74, 6) is -0.572. The first kappa shape index (κ1) is 21.8. The minimum atomic E-state index is -1.63. The summed E-state index contributed by atoms with van der Waals surface area (Å²) in [7, 11) is 0. The molecular weight excluding hydrogens is 373 g/mol. The summed E-state index contributed by atoms with van der Waals surface area (Å²) in [5.41, 5.74) is -0.122. The highest BCUT2D eigenvalue weighted by Gasteiger charge is 2.31. The number of hydrogen-bond donors (Lipinski definition) is 2. The molecule has 2 N–H and O–H groups in total. The SMILES string of the molecule is CC(C)(C)NC(=O)O[C@@H](c1ccc(N2CCOCC2)c(F)c1)[C@@H](O)C[N+](=O)[O-]. The normalized spacial score (nSPS) is 17.0. The van der Waals surface area contributed by atoms with Gasteiger partial charge in [-0.15, -0.1) is 0 Å². The van der Waals surface area contributed by atoms with Crippen LogP contribution >= 0.6 is 0 Å². The lowest BCUT2D eigenvalue weighted by Crippen LogP contribution is -2.43. The topological polar surface area (TPSA) is 114 Å². The fourth-order valence-corrected chi connectivity index (χ4v) is 2.83. The van der Waals surface area contributed by atoms with E-state index in [-0.39, 0.29) is 5.56 Å². The van der Waals surface area contributed by atoms with Gasteiger partial charge in [-0.1, -0.05) is 6.07 Å². The molecule has 0 radical (unpaired) electrons. The second kappa shape index (κ2) is 9.16. The molecule has 1 fully saturated rings. The molecule has 0 aliphatic carbocycles. The number of nitro groups is 1. The van der Waals surface area contributed by atoms with Gasteiger partial charge >= 0.3 is 6.09 Å². The van der Waals surface area contributed by atoms with Crippen LogP contribution in [0, 0.1) is 15.9 Å². The molecule has 0 unspecified atom stereocenters. The highest BCUT2D eigenvalue weighted by atomic mass is 19.1. The molecule has 2 rings (SSSR count). The zero-order valence-corrected chi connectivity index (χ0v) is 16.2. The second-order valence-electron chi connectivity index (χ2n) is 7.59. The lowest BCUT2D eigenvalue weighted by Gasteiger charge is -2.30. The van der Waals surface area contributed by atoms with Crippen LogP contribution in [0.5, 0.6) is 0 Å². The summed E-state index contributed by atoms with van der Waals surface area (Å²) in [5, 5.41) is 23.5. The van der Waals surface area contributed by atoms with E-state index in [9.17, 15) is 24.4 Å². The quantitative estimate of drug-likeness (QED) is 0.554. The zero-order chi connectivity index (χ0) is 20.9. The third kappa shape index (κ3) is 6.31. The molecule has 1 aromatic rings. The van der Waals surface area contributed by atoms with Crippen LogP contribution < -0.4 is 10.2 Å². The summed E-state index contributed by atoms with van der Waals surface area (Å²) in [6.07, 6.45) is -3.88. The van der Waals surface area contributed by atoms with E-state index < -0.39 is 41.1 Å². The van der Waals surface area contributed by atoms with Crippen molar-refractivity contribution in [2.45, 2.75) is 38.5 Å². The molecule has 0 saturated carbocycles. The van der Waals surface area contributed by atoms with Crippen LogP contribution in [0.25, 0.3) is 0 Å². The Hall–Kier alpha value is -2.46. The van der Waals surface area contributed by atoms with E-state index in [4.69, 9.17) is 9.47 Å². The largest absolute Gasteiger partial charge is 0.438 e. The molecule has 1 aliphatic rings. The summed E-state index contributed by atoms with van der Waals surface area (Å²) >= 11 is 0. The number of ether oxygens (including phenoxy) is 2. The van der Waals surface area contributed by atoms with E-state index in [1.165, 1.54) is 12.1 Å². The van der Waals surface area contributed by atoms with Crippen molar-refractivity contribution < 1.29 is 28.7 Å². The smallest absolute Gasteiger partial charge is 0.408 e. The number of carbonyl (C=O) groups excluding carboxylic acids is 1. The molecule has 0 aromatic heterocycles. The van der Waals surface area contributed by atoms with Crippen LogP contribution in [0.2, 0.25) is 0 Å². The predicted octanol–water partition coefficient (Wildman–Crippen LogP) is 1.87. The first-order valence-corrected chi connectivity index (χ1v) is 8.97. The van der Waals surface area contributed by atoms with Gasteiger partial charge in [-0.05, 0) is 38.5 Å². The van der Waals surface area contributed by atoms with E-state index in [0.29, 0.717) is 32.0 Å². The maximum atomic E-state index is 14.7. The van der Waals surface area contributed by atoms with Gasteiger partial charge in [0.15, 0.2) is 12.2 Å². The van der Waals surface area contributed by atoms with E-state index in [2.05, 4.69) is 5.32 Å². The van der Waals surface area contributed by atoms with Crippen LogP contribution in [0.15, 0.2) is 18.2 Å². The average molecular weight is 399 g/mol. The minimum absolute atomic E-state index is 0.132. The van der Waals surface area contributed by atoms with Crippen molar-refractivity contribution in [1.82, 2.24) is 5.32 Å². The lowest BCUT2D eigenvalue weighted by atomic mass is 10.0. The minimum Gasteiger partial charge on any atom is -0.438 e. The van der Waals surface area contributed by atoms with Crippen molar-refractivity contribution in [2.75, 3.05) is 37.7 Å². The van der Waals surface area contributed by atoms with Crippen molar-refractivity contribution in [3.8, 4) is 0 Å². The zero-order valence-electron chi connectivity index (χ0n) is 16.2. The molecule has 1 heterocycles. The molecular formula is C18H26FN3O6. The predicted molar refractivity (Wildman–Crippen MR) is 99.4 cm³/mol. The summed E-state index contributed by atoms with van der Waals surface area (Å²) in [6, 6.07) is 4.13. The number of benzene rings is 1. The van der Waals surface area contributed by atoms with Gasteiger partial charge in [-0.3, -0.25) is 10.1 Å². The molecule has 10 heteroatoms. The number of anilines is 1. The van der Waals surface area contributed by atoms with Gasteiger partial charge in [0, 0.05) is 23.6 Å². The van der Waals surface area contributed by atoms with Crippen molar-refractivity contribution in [3.63, 3.8) is 0 Å². The van der Waals surface area contributed by atoms with Gasteiger partial charge in [0.2, 0.25) is 6.54 Å². The Bertz CT molecular complexity index is 703. The fourth-order valence-electron chi connectivity index (χ4n) is 2.83. The van der Waals surface area contributed by atoms with E-state index in [1.54, 1.807) is 20.8 Å². The Morgan fingerprint density at radius 1 is 1.43 bits per heavy atom. The number of aliphatic hydroxyl groups is 1. The average Bonchev–Trinajstić information content (AvgIpc) is 2.58. The number of morpholine rings is 1. The number of aliphatic hydroxyl groups excluding tert-OH is 1. The summed E-state index contributed by atoms with van der Waals surface area (Å²) in [6.45, 7) is 6.39. The number of halogens is 1. The van der Waals surface area contributed by atoms with Crippen molar-refractivity contribution in [3.05, 3.63) is 39.7 Å². The molecule has 1 amide bonds. The maximum Gasteiger partial charge on any atom is 0.408 e. The molecule has 1 aliphatic heterocycles. The Morgan fingerprint density at radius 2 is 2.07 bits per heavy atom. The Kier molecular flexibility index (Phi) is 7.14. The van der Waals surface area contributed by atoms with Crippen LogP contribution in [-0.4, -0.2) is 60.6 Å². The highest BCUT2D eigenvalue weighted by Crippen LogP contribution is 2.28. The van der Waals surface area contributed by atoms with Crippen molar-refractivity contribution >= 4 is 11.8 Å². The monoisotopic (exact) mass is 399 g/mol. The standard InChI is InChI=1S/C18H26FN3O6/c1-18(2,3)20-17(24)28-16(15(23)11-22(25)26)12-4-5-14(13(19)10-12)21-6-8-27-9-7-21/h4-5,10,15-16,23H,6-9,11H2,1-3H3,(H,20,24)/t15-,16-/m0/s1. The van der Waals surface area contributed by atoms with Crippen LogP contribution in [-0.2, 0) is 9.47 Å². The van der Waals surface area contributed by atoms with Crippen molar-refractivity contribution in [2.24, 2.45) is 0 Å². The molecule has 9 nitrogen and oxygen atoms in total. The van der Waals surface area contributed by atoms with Gasteiger partial charge in [0.05, 0.1) is 18.9 Å². The number of alkyl carbamates (subject to hydrolysis) is 1. The third-order valence-corrected chi connectivity index (χ3v) is 4.05. The van der Waals surface area contributed by atoms with Crippen LogP contribution in [0.4, 0.5) is 14.9 Å². The number of nitrogens with one attached hydrogen (secondary N) is 1. The van der Waals surface area contributed by atoms with Gasteiger partial charge in [-0.25, -0.2) is 9.18 Å². The van der Waals surface area contributed by atoms with Gasteiger partial charge in [0.1, 0.15) is 5.82 Å². The summed E-state index contributed by atoms with van der Waals surface area (Å²) < 4.78 is 25.1. The maximum absolute atomic E-state index is 14.7. The van der Waals surface area contributed by atoms with E-state index in [1.807, 2.05) is 4.90 Å². The molecule has 0 spiro atoms. The number of rotatable bonds is 6. The first-order chi connectivity index (χ1) is 13.1. The van der Waals surface area contributed by atoms with Gasteiger partial charge in [0.25, 0.3) is 0 Å². The van der Waals surface area contributed by atoms with Gasteiger partial charge < -0.3 is 24.8 Å². The molecule has 2 atom stereocenters. The molecule has 1 saturated heterocycles. The van der Waals surface area contributed by atoms with Gasteiger partial charge in [-0.2, -0.15) is 0 Å². The fraction of sp³-hybridized carbons (Fsp3) is 0.611. The molecule has 156 valence electrons. The molecule has 1 aromatic carbocycles. The number of carbonyl (C=O) groups is 1. The lowest BCUT2D eigenvalue weighted by molar-refractivity contribution is -0.493. The Morgan fingerprint density at radius 3 is 2.61 bits per heavy atom. The van der Waals surface area contributed by atoms with Crippen LogP contribution in [0.3, 0.4) is 0 Å². The Balaban J connectivity index is 2.24. The Labute approximate surface area is 162 Å². The third-order valence-electron chi connectivity index (χ3n) is 4.05. The second-order valence-corrected chi connectivity index (χ2v) is 7.59. The number of nitrogens with zero attached hydrogens (tertiary/aromatic N) is 2. The highest BCUT2D eigenvalue weighted by molar-refractivity contribution is 5.68. The van der Waals surface area contributed by atoms with E-state index in [0.717, 1.165) is 6.07 Å². The summed E-state index contributed by atoms with van der Waals surface area (Å²) in [4.78, 5) is 24.0. The molecule has 0 bridgehead atoms. The molecule has 28 heavy (non-hydrogen) atoms. The number of hydrogen-bond acceptors (Lipinski definition) is 7. The van der Waals surface area contributed by atoms with Crippen LogP contribution in [0.1, 0.15) is 32.4 Å². The van der Waals surface area contributed by atoms with Crippen molar-refractivity contribution in [1.29, 1.82) is 0 Å².